The Bertz CT molecular complexity index is 466. The molecule has 2 aliphatic rings. The third-order valence-corrected chi connectivity index (χ3v) is 4.63. The minimum absolute atomic E-state index is 0.316. The van der Waals surface area contributed by atoms with E-state index < -0.39 is 0 Å². The highest BCUT2D eigenvalue weighted by atomic mass is 35.5. The van der Waals surface area contributed by atoms with E-state index in [4.69, 9.17) is 11.6 Å². The first-order valence-corrected chi connectivity index (χ1v) is 8.00. The minimum atomic E-state index is 0.316. The van der Waals surface area contributed by atoms with Gasteiger partial charge in [-0.05, 0) is 56.1 Å². The van der Waals surface area contributed by atoms with E-state index in [1.807, 2.05) is 6.07 Å². The maximum atomic E-state index is 12.5. The van der Waals surface area contributed by atoms with Gasteiger partial charge < -0.3 is 4.90 Å². The van der Waals surface area contributed by atoms with Crippen molar-refractivity contribution in [1.29, 1.82) is 0 Å². The van der Waals surface area contributed by atoms with Gasteiger partial charge in [-0.25, -0.2) is 4.98 Å². The smallest absolute Gasteiger partial charge is 0.223 e. The first kappa shape index (κ1) is 13.9. The third-order valence-electron chi connectivity index (χ3n) is 4.40. The van der Waals surface area contributed by atoms with Crippen molar-refractivity contribution in [1.82, 2.24) is 9.88 Å². The molecule has 0 aliphatic heterocycles. The Hall–Kier alpha value is -1.09. The second-order valence-electron chi connectivity index (χ2n) is 6.06. The molecule has 0 aromatic carbocycles. The monoisotopic (exact) mass is 292 g/mol. The molecule has 2 aliphatic carbocycles. The second-order valence-corrected chi connectivity index (χ2v) is 6.45. The summed E-state index contributed by atoms with van der Waals surface area (Å²) in [6.07, 6.45) is 9.39. The summed E-state index contributed by atoms with van der Waals surface area (Å²) in [5.74, 6) is 1.09. The summed E-state index contributed by atoms with van der Waals surface area (Å²) in [4.78, 5) is 18.7. The Morgan fingerprint density at radius 3 is 2.65 bits per heavy atom. The van der Waals surface area contributed by atoms with Gasteiger partial charge in [0.05, 0.1) is 0 Å². The zero-order valence-corrected chi connectivity index (χ0v) is 12.5. The number of carbonyl (C=O) groups is 1. The number of halogens is 1. The molecule has 1 aromatic rings. The van der Waals surface area contributed by atoms with E-state index in [0.29, 0.717) is 23.5 Å². The number of amides is 1. The number of carbonyl (C=O) groups excluding carboxylic acids is 1. The molecule has 4 heteroatoms. The normalized spacial score (nSPS) is 18.6. The number of aryl methyl sites for hydroxylation is 1. The molecule has 0 radical (unpaired) electrons. The molecule has 0 N–H and O–H groups in total. The topological polar surface area (TPSA) is 33.2 Å². The molecule has 0 bridgehead atoms. The summed E-state index contributed by atoms with van der Waals surface area (Å²) in [5, 5.41) is 0.505. The van der Waals surface area contributed by atoms with E-state index in [1.165, 1.54) is 32.1 Å². The summed E-state index contributed by atoms with van der Waals surface area (Å²) in [6.45, 7) is 0.988. The van der Waals surface area contributed by atoms with Crippen molar-refractivity contribution in [2.45, 2.75) is 51.0 Å². The fraction of sp³-hybridized carbons (Fsp3) is 0.625. The zero-order valence-electron chi connectivity index (χ0n) is 11.7. The number of hydrogen-bond donors (Lipinski definition) is 0. The highest BCUT2D eigenvalue weighted by Crippen LogP contribution is 2.34. The van der Waals surface area contributed by atoms with E-state index in [2.05, 4.69) is 9.88 Å². The lowest BCUT2D eigenvalue weighted by Gasteiger charge is -2.38. The van der Waals surface area contributed by atoms with Gasteiger partial charge in [0.25, 0.3) is 0 Å². The maximum Gasteiger partial charge on any atom is 0.223 e. The van der Waals surface area contributed by atoms with Gasteiger partial charge in [0.15, 0.2) is 0 Å². The molecule has 2 saturated carbocycles. The summed E-state index contributed by atoms with van der Waals surface area (Å²) in [7, 11) is 0. The fourth-order valence-electron chi connectivity index (χ4n) is 2.68. The Morgan fingerprint density at radius 1 is 1.30 bits per heavy atom. The molecule has 1 heterocycles. The van der Waals surface area contributed by atoms with Crippen molar-refractivity contribution in [3.8, 4) is 0 Å². The molecule has 0 atom stereocenters. The van der Waals surface area contributed by atoms with Crippen LogP contribution in [0.5, 0.6) is 0 Å². The molecule has 3 rings (SSSR count). The highest BCUT2D eigenvalue weighted by molar-refractivity contribution is 6.29. The van der Waals surface area contributed by atoms with Crippen LogP contribution < -0.4 is 0 Å². The molecule has 0 saturated heterocycles. The van der Waals surface area contributed by atoms with Crippen LogP contribution in [0.2, 0.25) is 5.15 Å². The zero-order chi connectivity index (χ0) is 13.9. The predicted molar refractivity (Wildman–Crippen MR) is 79.6 cm³/mol. The van der Waals surface area contributed by atoms with Crippen LogP contribution in [0.1, 0.15) is 44.1 Å². The molecule has 2 fully saturated rings. The van der Waals surface area contributed by atoms with E-state index in [9.17, 15) is 4.79 Å². The summed E-state index contributed by atoms with van der Waals surface area (Å²) < 4.78 is 0. The molecular formula is C16H21ClN2O. The van der Waals surface area contributed by atoms with Gasteiger partial charge in [-0.2, -0.15) is 0 Å². The van der Waals surface area contributed by atoms with Gasteiger partial charge in [-0.1, -0.05) is 17.7 Å². The van der Waals surface area contributed by atoms with E-state index in [0.717, 1.165) is 24.4 Å². The highest BCUT2D eigenvalue weighted by Gasteiger charge is 2.33. The number of nitrogens with zero attached hydrogens (tertiary/aromatic N) is 2. The van der Waals surface area contributed by atoms with Crippen LogP contribution in [-0.4, -0.2) is 28.4 Å². The summed E-state index contributed by atoms with van der Waals surface area (Å²) in [5.41, 5.74) is 1.09. The first-order chi connectivity index (χ1) is 9.72. The molecule has 1 amide bonds. The van der Waals surface area contributed by atoms with Crippen molar-refractivity contribution in [3.05, 3.63) is 29.0 Å². The lowest BCUT2D eigenvalue weighted by Crippen LogP contribution is -2.45. The lowest BCUT2D eigenvalue weighted by molar-refractivity contribution is -0.135. The molecule has 0 spiro atoms. The quantitative estimate of drug-likeness (QED) is 0.752. The first-order valence-electron chi connectivity index (χ1n) is 7.62. The van der Waals surface area contributed by atoms with Crippen LogP contribution >= 0.6 is 11.6 Å². The second kappa shape index (κ2) is 6.13. The Morgan fingerprint density at radius 2 is 2.10 bits per heavy atom. The molecule has 0 unspecified atom stereocenters. The predicted octanol–water partition coefficient (Wildman–Crippen LogP) is 3.46. The van der Waals surface area contributed by atoms with Gasteiger partial charge >= 0.3 is 0 Å². The van der Waals surface area contributed by atoms with Gasteiger partial charge in [0, 0.05) is 25.2 Å². The Labute approximate surface area is 125 Å². The van der Waals surface area contributed by atoms with Gasteiger partial charge in [0.2, 0.25) is 5.91 Å². The number of hydrogen-bond acceptors (Lipinski definition) is 2. The Kier molecular flexibility index (Phi) is 4.25. The lowest BCUT2D eigenvalue weighted by atomic mass is 9.91. The number of pyridine rings is 1. The van der Waals surface area contributed by atoms with Crippen LogP contribution in [0, 0.1) is 5.92 Å². The standard InChI is InChI=1S/C16H21ClN2O/c17-15-8-6-12(10-18-15)7-9-16(20)19(11-13-4-5-13)14-2-1-3-14/h6,8,10,13-14H,1-5,7,9,11H2. The molecule has 1 aromatic heterocycles. The average Bonchev–Trinajstić information content (AvgIpc) is 3.19. The average molecular weight is 293 g/mol. The number of rotatable bonds is 6. The van der Waals surface area contributed by atoms with Gasteiger partial charge in [-0.3, -0.25) is 4.79 Å². The van der Waals surface area contributed by atoms with Crippen molar-refractivity contribution < 1.29 is 4.79 Å². The van der Waals surface area contributed by atoms with Gasteiger partial charge in [0.1, 0.15) is 5.15 Å². The summed E-state index contributed by atoms with van der Waals surface area (Å²) >= 11 is 5.77. The van der Waals surface area contributed by atoms with E-state index >= 15 is 0 Å². The van der Waals surface area contributed by atoms with Crippen molar-refractivity contribution in [2.24, 2.45) is 5.92 Å². The molecule has 3 nitrogen and oxygen atoms in total. The van der Waals surface area contributed by atoms with Crippen LogP contribution in [0.3, 0.4) is 0 Å². The molecule has 108 valence electrons. The molecule has 20 heavy (non-hydrogen) atoms. The summed E-state index contributed by atoms with van der Waals surface area (Å²) in [6, 6.07) is 4.26. The number of aromatic nitrogens is 1. The van der Waals surface area contributed by atoms with Crippen LogP contribution in [0.4, 0.5) is 0 Å². The van der Waals surface area contributed by atoms with E-state index in [1.54, 1.807) is 12.3 Å². The SMILES string of the molecule is O=C(CCc1ccc(Cl)nc1)N(CC1CC1)C1CCC1. The maximum absolute atomic E-state index is 12.5. The Balaban J connectivity index is 1.53. The van der Waals surface area contributed by atoms with Gasteiger partial charge in [-0.15, -0.1) is 0 Å². The van der Waals surface area contributed by atoms with Crippen LogP contribution in [-0.2, 0) is 11.2 Å². The van der Waals surface area contributed by atoms with Crippen molar-refractivity contribution in [2.75, 3.05) is 6.54 Å². The van der Waals surface area contributed by atoms with Crippen molar-refractivity contribution >= 4 is 17.5 Å². The van der Waals surface area contributed by atoms with E-state index in [-0.39, 0.29) is 0 Å². The third kappa shape index (κ3) is 3.51. The fourth-order valence-corrected chi connectivity index (χ4v) is 2.79. The minimum Gasteiger partial charge on any atom is -0.339 e. The van der Waals surface area contributed by atoms with Crippen LogP contribution in [0.15, 0.2) is 18.3 Å². The van der Waals surface area contributed by atoms with Crippen LogP contribution in [0.25, 0.3) is 0 Å². The largest absolute Gasteiger partial charge is 0.339 e. The molecular weight excluding hydrogens is 272 g/mol. The van der Waals surface area contributed by atoms with Crippen molar-refractivity contribution in [3.63, 3.8) is 0 Å².